The standard InChI is InChI=1S/C5H11.3C4H9.Sn/c1-4-5(2)3;3*1-4(2)3;/h5H,1,4H2,2-3H3;3*4H,1H2,2-3H3;. The Labute approximate surface area is 121 Å². The Morgan fingerprint density at radius 1 is 0.556 bits per heavy atom. The molecule has 0 saturated carbocycles. The predicted octanol–water partition coefficient (Wildman–Crippen LogP) is 6.45. The number of hydrogen-bond acceptors (Lipinski definition) is 0. The van der Waals surface area contributed by atoms with Crippen molar-refractivity contribution in [1.82, 2.24) is 0 Å². The van der Waals surface area contributed by atoms with E-state index in [1.165, 1.54) is 6.42 Å². The molecule has 0 unspecified atom stereocenters. The van der Waals surface area contributed by atoms with Gasteiger partial charge in [-0.15, -0.1) is 0 Å². The van der Waals surface area contributed by atoms with E-state index in [-0.39, 0.29) is 0 Å². The predicted molar refractivity (Wildman–Crippen MR) is 89.0 cm³/mol. The third kappa shape index (κ3) is 8.82. The van der Waals surface area contributed by atoms with Gasteiger partial charge in [-0.2, -0.15) is 0 Å². The Balaban J connectivity index is 4.85. The van der Waals surface area contributed by atoms with E-state index in [1.54, 1.807) is 17.7 Å². The topological polar surface area (TPSA) is 0 Å². The van der Waals surface area contributed by atoms with Gasteiger partial charge in [0.2, 0.25) is 0 Å². The number of hydrogen-bond donors (Lipinski definition) is 0. The normalized spacial score (nSPS) is 13.3. The molecule has 0 bridgehead atoms. The molecule has 0 fully saturated rings. The summed E-state index contributed by atoms with van der Waals surface area (Å²) in [5.41, 5.74) is 0. The number of rotatable bonds is 9. The molecule has 1 heteroatoms. The average molecular weight is 361 g/mol. The van der Waals surface area contributed by atoms with E-state index in [2.05, 4.69) is 55.4 Å². The van der Waals surface area contributed by atoms with Crippen LogP contribution in [0.15, 0.2) is 0 Å². The fraction of sp³-hybridized carbons (Fsp3) is 1.00. The van der Waals surface area contributed by atoms with Crippen LogP contribution in [-0.4, -0.2) is 18.4 Å². The van der Waals surface area contributed by atoms with Crippen molar-refractivity contribution in [3.05, 3.63) is 0 Å². The zero-order valence-electron chi connectivity index (χ0n) is 14.3. The molecule has 0 aliphatic carbocycles. The second-order valence-electron chi connectivity index (χ2n) is 8.23. The van der Waals surface area contributed by atoms with Crippen molar-refractivity contribution >= 4 is 18.4 Å². The Bertz CT molecular complexity index is 177. The Morgan fingerprint density at radius 3 is 1.11 bits per heavy atom. The summed E-state index contributed by atoms with van der Waals surface area (Å²) in [6, 6.07) is 0. The first-order valence-electron chi connectivity index (χ1n) is 8.17. The fourth-order valence-corrected chi connectivity index (χ4v) is 25.1. The van der Waals surface area contributed by atoms with Gasteiger partial charge in [0, 0.05) is 0 Å². The summed E-state index contributed by atoms with van der Waals surface area (Å²) in [4.78, 5) is 0. The minimum absolute atomic E-state index is 0.896. The van der Waals surface area contributed by atoms with E-state index < -0.39 is 18.4 Å². The molecule has 0 aliphatic heterocycles. The molecule has 0 aromatic heterocycles. The van der Waals surface area contributed by atoms with Gasteiger partial charge in [0.25, 0.3) is 0 Å². The zero-order valence-corrected chi connectivity index (χ0v) is 17.2. The van der Waals surface area contributed by atoms with Crippen LogP contribution >= 0.6 is 0 Å². The van der Waals surface area contributed by atoms with E-state index >= 15 is 0 Å². The summed E-state index contributed by atoms with van der Waals surface area (Å²) in [5, 5.41) is 0. The average Bonchev–Trinajstić information content (AvgIpc) is 2.11. The molecule has 0 spiro atoms. The van der Waals surface area contributed by atoms with Crippen molar-refractivity contribution in [3.63, 3.8) is 0 Å². The Hall–Kier alpha value is 0.799. The van der Waals surface area contributed by atoms with Gasteiger partial charge in [-0.3, -0.25) is 0 Å². The van der Waals surface area contributed by atoms with Gasteiger partial charge in [-0.05, 0) is 0 Å². The van der Waals surface area contributed by atoms with Crippen LogP contribution in [0.5, 0.6) is 0 Å². The molecule has 0 atom stereocenters. The van der Waals surface area contributed by atoms with E-state index in [0.29, 0.717) is 0 Å². The first kappa shape index (κ1) is 18.8. The van der Waals surface area contributed by atoms with Crippen LogP contribution in [0.3, 0.4) is 0 Å². The Morgan fingerprint density at radius 2 is 0.889 bits per heavy atom. The van der Waals surface area contributed by atoms with Crippen molar-refractivity contribution < 1.29 is 0 Å². The summed E-state index contributed by atoms with van der Waals surface area (Å²) in [6.07, 6.45) is 1.49. The van der Waals surface area contributed by atoms with Crippen LogP contribution in [0.2, 0.25) is 17.7 Å². The molecule has 0 heterocycles. The first-order valence-corrected chi connectivity index (χ1v) is 16.2. The Kier molecular flexibility index (Phi) is 9.26. The van der Waals surface area contributed by atoms with Gasteiger partial charge < -0.3 is 0 Å². The van der Waals surface area contributed by atoms with Crippen molar-refractivity contribution in [2.45, 2.75) is 79.6 Å². The van der Waals surface area contributed by atoms with Gasteiger partial charge in [0.05, 0.1) is 0 Å². The molecule has 0 saturated heterocycles. The van der Waals surface area contributed by atoms with Crippen LogP contribution in [0.4, 0.5) is 0 Å². The SMILES string of the molecule is CC(C)C[CH2][Sn]([CH2]C(C)C)([CH2]C(C)C)[CH2]C(C)C. The minimum atomic E-state index is -1.89. The van der Waals surface area contributed by atoms with E-state index in [0.717, 1.165) is 23.7 Å². The molecule has 18 heavy (non-hydrogen) atoms. The van der Waals surface area contributed by atoms with Gasteiger partial charge >= 0.3 is 122 Å². The van der Waals surface area contributed by atoms with Crippen LogP contribution in [0.1, 0.15) is 61.8 Å². The van der Waals surface area contributed by atoms with Crippen molar-refractivity contribution in [3.8, 4) is 0 Å². The molecule has 0 nitrogen and oxygen atoms in total. The third-order valence-electron chi connectivity index (χ3n) is 3.78. The van der Waals surface area contributed by atoms with Crippen molar-refractivity contribution in [1.29, 1.82) is 0 Å². The summed E-state index contributed by atoms with van der Waals surface area (Å²) in [5.74, 6) is 3.66. The molecule has 0 aromatic rings. The molecule has 0 N–H and O–H groups in total. The second kappa shape index (κ2) is 8.87. The van der Waals surface area contributed by atoms with Gasteiger partial charge in [0.15, 0.2) is 0 Å². The maximum atomic E-state index is 2.45. The molecule has 0 amide bonds. The van der Waals surface area contributed by atoms with Crippen molar-refractivity contribution in [2.24, 2.45) is 23.7 Å². The van der Waals surface area contributed by atoms with Crippen LogP contribution < -0.4 is 0 Å². The van der Waals surface area contributed by atoms with Crippen LogP contribution in [0.25, 0.3) is 0 Å². The quantitative estimate of drug-likeness (QED) is 0.414. The zero-order chi connectivity index (χ0) is 14.3. The van der Waals surface area contributed by atoms with E-state index in [4.69, 9.17) is 0 Å². The van der Waals surface area contributed by atoms with Gasteiger partial charge in [-0.25, -0.2) is 0 Å². The molecular formula is C17H38Sn. The summed E-state index contributed by atoms with van der Waals surface area (Å²) in [7, 11) is 0. The summed E-state index contributed by atoms with van der Waals surface area (Å²) >= 11 is -1.89. The molecule has 110 valence electrons. The van der Waals surface area contributed by atoms with E-state index in [9.17, 15) is 0 Å². The van der Waals surface area contributed by atoms with Crippen LogP contribution in [-0.2, 0) is 0 Å². The molecule has 0 radical (unpaired) electrons. The van der Waals surface area contributed by atoms with E-state index in [1.807, 2.05) is 0 Å². The first-order chi connectivity index (χ1) is 8.17. The summed E-state index contributed by atoms with van der Waals surface area (Å²) in [6.45, 7) is 19.5. The van der Waals surface area contributed by atoms with Gasteiger partial charge in [-0.1, -0.05) is 0 Å². The fourth-order valence-electron chi connectivity index (χ4n) is 3.75. The molecule has 0 aliphatic rings. The molecule has 0 rings (SSSR count). The second-order valence-corrected chi connectivity index (χ2v) is 21.7. The monoisotopic (exact) mass is 362 g/mol. The summed E-state index contributed by atoms with van der Waals surface area (Å²) < 4.78 is 6.51. The third-order valence-corrected chi connectivity index (χ3v) is 22.0. The maximum absolute atomic E-state index is 2.45. The molecular weight excluding hydrogens is 323 g/mol. The van der Waals surface area contributed by atoms with Gasteiger partial charge in [0.1, 0.15) is 0 Å². The van der Waals surface area contributed by atoms with Crippen molar-refractivity contribution in [2.75, 3.05) is 0 Å². The molecule has 0 aromatic carbocycles. The van der Waals surface area contributed by atoms with Crippen LogP contribution in [0, 0.1) is 23.7 Å².